The Hall–Kier alpha value is -1.96. The van der Waals surface area contributed by atoms with Crippen LogP contribution >= 0.6 is 11.3 Å². The summed E-state index contributed by atoms with van der Waals surface area (Å²) >= 11 is 1.59. The zero-order valence-corrected chi connectivity index (χ0v) is 13.5. The molecule has 122 valence electrons. The number of carbonyl (C=O) groups excluding carboxylic acids is 1. The van der Waals surface area contributed by atoms with Crippen LogP contribution in [0.3, 0.4) is 0 Å². The summed E-state index contributed by atoms with van der Waals surface area (Å²) in [5, 5.41) is 9.18. The molecule has 0 atom stereocenters. The molecule has 2 aromatic rings. The number of amides is 1. The molecule has 23 heavy (non-hydrogen) atoms. The molecule has 7 nitrogen and oxygen atoms in total. The normalized spacial score (nSPS) is 19.2. The Balaban J connectivity index is 1.32. The first-order chi connectivity index (χ1) is 11.2. The minimum absolute atomic E-state index is 0.110. The first-order valence-electron chi connectivity index (χ1n) is 7.96. The topological polar surface area (TPSA) is 92.1 Å². The van der Waals surface area contributed by atoms with Crippen molar-refractivity contribution in [2.45, 2.75) is 43.9 Å². The van der Waals surface area contributed by atoms with Crippen molar-refractivity contribution in [3.05, 3.63) is 32.5 Å². The SMILES string of the molecule is O=C(Cc1nc(C2CC2)cs1)N1CCC(c2n[nH]c(=O)o2)CC1. The van der Waals surface area contributed by atoms with Gasteiger partial charge in [0.25, 0.3) is 0 Å². The molecule has 8 heteroatoms. The summed E-state index contributed by atoms with van der Waals surface area (Å²) in [6, 6.07) is 0. The Bertz CT molecular complexity index is 753. The van der Waals surface area contributed by atoms with Crippen LogP contribution in [0.4, 0.5) is 0 Å². The fraction of sp³-hybridized carbons (Fsp3) is 0.600. The number of aromatic amines is 1. The van der Waals surface area contributed by atoms with Crippen LogP contribution in [0.15, 0.2) is 14.6 Å². The van der Waals surface area contributed by atoms with E-state index in [1.807, 2.05) is 4.90 Å². The van der Waals surface area contributed by atoms with Crippen LogP contribution in [0.1, 0.15) is 54.1 Å². The van der Waals surface area contributed by atoms with E-state index in [4.69, 9.17) is 4.42 Å². The molecule has 3 heterocycles. The number of rotatable bonds is 4. The van der Waals surface area contributed by atoms with Gasteiger partial charge in [-0.1, -0.05) is 0 Å². The van der Waals surface area contributed by atoms with Crippen LogP contribution < -0.4 is 5.76 Å². The molecule has 1 amide bonds. The summed E-state index contributed by atoms with van der Waals surface area (Å²) < 4.78 is 5.01. The van der Waals surface area contributed by atoms with Crippen LogP contribution in [0.5, 0.6) is 0 Å². The summed E-state index contributed by atoms with van der Waals surface area (Å²) in [6.07, 6.45) is 4.39. The van der Waals surface area contributed by atoms with Gasteiger partial charge >= 0.3 is 5.76 Å². The van der Waals surface area contributed by atoms with Crippen molar-refractivity contribution in [3.63, 3.8) is 0 Å². The van der Waals surface area contributed by atoms with Crippen LogP contribution in [0.25, 0.3) is 0 Å². The molecule has 1 saturated carbocycles. The predicted octanol–water partition coefficient (Wildman–Crippen LogP) is 1.65. The van der Waals surface area contributed by atoms with E-state index < -0.39 is 5.76 Å². The third-order valence-corrected chi connectivity index (χ3v) is 5.39. The maximum absolute atomic E-state index is 12.4. The van der Waals surface area contributed by atoms with Crippen molar-refractivity contribution in [3.8, 4) is 0 Å². The second-order valence-electron chi connectivity index (χ2n) is 6.22. The largest absolute Gasteiger partial charge is 0.434 e. The minimum atomic E-state index is -0.520. The highest BCUT2D eigenvalue weighted by atomic mass is 32.1. The van der Waals surface area contributed by atoms with Gasteiger partial charge in [0.05, 0.1) is 12.1 Å². The summed E-state index contributed by atoms with van der Waals surface area (Å²) in [4.78, 5) is 29.9. The first-order valence-corrected chi connectivity index (χ1v) is 8.84. The monoisotopic (exact) mass is 334 g/mol. The lowest BCUT2D eigenvalue weighted by atomic mass is 9.96. The number of nitrogens with zero attached hydrogens (tertiary/aromatic N) is 3. The molecule has 0 bridgehead atoms. The molecule has 2 aliphatic rings. The highest BCUT2D eigenvalue weighted by Crippen LogP contribution is 2.40. The van der Waals surface area contributed by atoms with Gasteiger partial charge in [-0.25, -0.2) is 14.9 Å². The Kier molecular flexibility index (Phi) is 3.76. The van der Waals surface area contributed by atoms with Crippen LogP contribution in [-0.4, -0.2) is 39.1 Å². The maximum atomic E-state index is 12.4. The minimum Gasteiger partial charge on any atom is -0.392 e. The fourth-order valence-corrected chi connectivity index (χ4v) is 3.87. The second-order valence-corrected chi connectivity index (χ2v) is 7.17. The van der Waals surface area contributed by atoms with E-state index in [-0.39, 0.29) is 11.8 Å². The lowest BCUT2D eigenvalue weighted by Gasteiger charge is -2.30. The van der Waals surface area contributed by atoms with Gasteiger partial charge in [-0.15, -0.1) is 16.4 Å². The molecule has 1 N–H and O–H groups in total. The van der Waals surface area contributed by atoms with Gasteiger partial charge in [0.2, 0.25) is 11.8 Å². The molecule has 0 aromatic carbocycles. The number of aromatic nitrogens is 3. The zero-order valence-electron chi connectivity index (χ0n) is 12.7. The van der Waals surface area contributed by atoms with Crippen LogP contribution in [0.2, 0.25) is 0 Å². The molecule has 0 unspecified atom stereocenters. The predicted molar refractivity (Wildman–Crippen MR) is 83.5 cm³/mol. The molecular weight excluding hydrogens is 316 g/mol. The smallest absolute Gasteiger partial charge is 0.392 e. The van der Waals surface area contributed by atoms with Crippen molar-refractivity contribution >= 4 is 17.2 Å². The lowest BCUT2D eigenvalue weighted by Crippen LogP contribution is -2.38. The number of piperidine rings is 1. The number of hydrogen-bond donors (Lipinski definition) is 1. The van der Waals surface area contributed by atoms with Crippen LogP contribution in [0, 0.1) is 0 Å². The molecule has 1 saturated heterocycles. The molecule has 1 aliphatic carbocycles. The van der Waals surface area contributed by atoms with Gasteiger partial charge in [-0.05, 0) is 25.7 Å². The standard InChI is InChI=1S/C15H18N4O3S/c20-13(7-12-16-11(8-23-12)9-1-2-9)19-5-3-10(4-6-19)14-17-18-15(21)22-14/h8-10H,1-7H2,(H,18,21). The van der Waals surface area contributed by atoms with Gasteiger partial charge in [0, 0.05) is 30.3 Å². The highest BCUT2D eigenvalue weighted by molar-refractivity contribution is 7.09. The highest BCUT2D eigenvalue weighted by Gasteiger charge is 2.29. The summed E-state index contributed by atoms with van der Waals surface area (Å²) in [7, 11) is 0. The molecular formula is C15H18N4O3S. The molecule has 0 spiro atoms. The summed E-state index contributed by atoms with van der Waals surface area (Å²) in [5.41, 5.74) is 1.16. The molecule has 4 rings (SSSR count). The number of carbonyl (C=O) groups is 1. The number of H-pyrrole nitrogens is 1. The van der Waals surface area contributed by atoms with E-state index >= 15 is 0 Å². The molecule has 0 radical (unpaired) electrons. The average Bonchev–Trinajstić information content (AvgIpc) is 3.16. The number of thiazole rings is 1. The van der Waals surface area contributed by atoms with Crippen molar-refractivity contribution in [1.82, 2.24) is 20.1 Å². The van der Waals surface area contributed by atoms with Gasteiger partial charge in [-0.3, -0.25) is 4.79 Å². The second kappa shape index (κ2) is 5.92. The van der Waals surface area contributed by atoms with Gasteiger partial charge in [0.1, 0.15) is 5.01 Å². The van der Waals surface area contributed by atoms with E-state index in [1.165, 1.54) is 12.8 Å². The van der Waals surface area contributed by atoms with E-state index in [0.29, 0.717) is 31.3 Å². The van der Waals surface area contributed by atoms with Crippen molar-refractivity contribution in [1.29, 1.82) is 0 Å². The average molecular weight is 334 g/mol. The fourth-order valence-electron chi connectivity index (χ4n) is 3.01. The Morgan fingerprint density at radius 3 is 2.74 bits per heavy atom. The van der Waals surface area contributed by atoms with E-state index in [0.717, 1.165) is 23.5 Å². The zero-order chi connectivity index (χ0) is 15.8. The van der Waals surface area contributed by atoms with E-state index in [2.05, 4.69) is 20.6 Å². The van der Waals surface area contributed by atoms with Crippen molar-refractivity contribution < 1.29 is 9.21 Å². The third kappa shape index (κ3) is 3.21. The Morgan fingerprint density at radius 1 is 1.30 bits per heavy atom. The Labute approximate surface area is 136 Å². The van der Waals surface area contributed by atoms with Gasteiger partial charge < -0.3 is 9.32 Å². The third-order valence-electron chi connectivity index (χ3n) is 4.52. The number of nitrogens with one attached hydrogen (secondary N) is 1. The lowest BCUT2D eigenvalue weighted by molar-refractivity contribution is -0.131. The van der Waals surface area contributed by atoms with Crippen molar-refractivity contribution in [2.24, 2.45) is 0 Å². The summed E-state index contributed by atoms with van der Waals surface area (Å²) in [5.74, 6) is 0.808. The van der Waals surface area contributed by atoms with Crippen LogP contribution in [-0.2, 0) is 11.2 Å². The molecule has 1 aliphatic heterocycles. The van der Waals surface area contributed by atoms with Gasteiger partial charge in [-0.2, -0.15) is 0 Å². The quantitative estimate of drug-likeness (QED) is 0.918. The molecule has 2 aromatic heterocycles. The first kappa shape index (κ1) is 14.6. The number of hydrogen-bond acceptors (Lipinski definition) is 6. The summed E-state index contributed by atoms with van der Waals surface area (Å²) in [6.45, 7) is 1.34. The van der Waals surface area contributed by atoms with E-state index in [9.17, 15) is 9.59 Å². The maximum Gasteiger partial charge on any atom is 0.434 e. The molecule has 2 fully saturated rings. The Morgan fingerprint density at radius 2 is 2.09 bits per heavy atom. The number of likely N-dealkylation sites (tertiary alicyclic amines) is 1. The van der Waals surface area contributed by atoms with E-state index in [1.54, 1.807) is 11.3 Å². The van der Waals surface area contributed by atoms with Gasteiger partial charge in [0.15, 0.2) is 0 Å². The van der Waals surface area contributed by atoms with Crippen molar-refractivity contribution in [2.75, 3.05) is 13.1 Å².